The van der Waals surface area contributed by atoms with E-state index in [0.717, 1.165) is 36.8 Å². The van der Waals surface area contributed by atoms with E-state index in [0.29, 0.717) is 16.7 Å². The first-order valence-electron chi connectivity index (χ1n) is 10.2. The molecule has 0 bridgehead atoms. The first kappa shape index (κ1) is 21.5. The summed E-state index contributed by atoms with van der Waals surface area (Å²) in [5.74, 6) is 1.66. The summed E-state index contributed by atoms with van der Waals surface area (Å²) >= 11 is 1.59. The molecule has 3 aromatic rings. The Labute approximate surface area is 175 Å². The molecule has 0 fully saturated rings. The Bertz CT molecular complexity index is 1010. The van der Waals surface area contributed by atoms with Gasteiger partial charge in [0.2, 0.25) is 0 Å². The van der Waals surface area contributed by atoms with E-state index < -0.39 is 0 Å². The molecule has 2 unspecified atom stereocenters. The molecule has 2 heterocycles. The van der Waals surface area contributed by atoms with Gasteiger partial charge in [0, 0.05) is 6.54 Å². The van der Waals surface area contributed by atoms with E-state index in [1.807, 2.05) is 25.1 Å². The van der Waals surface area contributed by atoms with Crippen LogP contribution in [0.25, 0.3) is 10.9 Å². The summed E-state index contributed by atoms with van der Waals surface area (Å²) in [6.45, 7) is 7.29. The van der Waals surface area contributed by atoms with Crippen LogP contribution in [0.4, 0.5) is 0 Å². The minimum Gasteiger partial charge on any atom is -0.309 e. The fourth-order valence-electron chi connectivity index (χ4n) is 3.45. The molecule has 2 aromatic heterocycles. The zero-order valence-electron chi connectivity index (χ0n) is 17.8. The number of thioether (sulfide) groups is 1. The van der Waals surface area contributed by atoms with E-state index in [2.05, 4.69) is 57.6 Å². The highest BCUT2D eigenvalue weighted by molar-refractivity contribution is 7.99. The maximum absolute atomic E-state index is 12.4. The van der Waals surface area contributed by atoms with Gasteiger partial charge in [-0.2, -0.15) is 0 Å². The van der Waals surface area contributed by atoms with Crippen molar-refractivity contribution in [3.63, 3.8) is 0 Å². The average molecular weight is 415 g/mol. The Hall–Kier alpha value is -2.19. The van der Waals surface area contributed by atoms with Crippen LogP contribution in [0.1, 0.15) is 63.0 Å². The van der Waals surface area contributed by atoms with Crippen LogP contribution in [0, 0.1) is 0 Å². The number of rotatable bonds is 9. The molecule has 0 aliphatic heterocycles. The van der Waals surface area contributed by atoms with Crippen LogP contribution in [0.5, 0.6) is 0 Å². The zero-order chi connectivity index (χ0) is 21.0. The molecule has 3 rings (SSSR count). The third-order valence-electron chi connectivity index (χ3n) is 5.09. The fourth-order valence-corrected chi connectivity index (χ4v) is 4.39. The van der Waals surface area contributed by atoms with Crippen molar-refractivity contribution in [2.75, 3.05) is 14.1 Å². The molecule has 0 aliphatic rings. The summed E-state index contributed by atoms with van der Waals surface area (Å²) in [7, 11) is 4.15. The van der Waals surface area contributed by atoms with Gasteiger partial charge in [-0.05, 0) is 46.0 Å². The molecule has 1 aromatic carbocycles. The normalized spacial score (nSPS) is 13.9. The molecule has 0 spiro atoms. The molecule has 7 nitrogen and oxygen atoms in total. The standard InChI is InChI=1S/C21H30N6OS/c1-6-8-13-27-19(17(7-2)26(4)5)24-25-21(27)29-14(3)18-22-16-12-10-9-11-15(16)20(28)23-18/h9-12,14,17H,6-8,13H2,1-5H3,(H,22,23,28). The Morgan fingerprint density at radius 1 is 1.21 bits per heavy atom. The summed E-state index contributed by atoms with van der Waals surface area (Å²) in [4.78, 5) is 22.2. The Morgan fingerprint density at radius 2 is 1.97 bits per heavy atom. The maximum Gasteiger partial charge on any atom is 0.258 e. The minimum atomic E-state index is -0.107. The number of nitrogens with zero attached hydrogens (tertiary/aromatic N) is 5. The number of aromatic nitrogens is 5. The highest BCUT2D eigenvalue weighted by atomic mass is 32.2. The first-order valence-corrected chi connectivity index (χ1v) is 11.1. The highest BCUT2D eigenvalue weighted by Gasteiger charge is 2.23. The quantitative estimate of drug-likeness (QED) is 0.529. The summed E-state index contributed by atoms with van der Waals surface area (Å²) in [5.41, 5.74) is 0.607. The third kappa shape index (κ3) is 4.70. The number of para-hydroxylation sites is 1. The van der Waals surface area contributed by atoms with Crippen molar-refractivity contribution in [2.45, 2.75) is 63.0 Å². The van der Waals surface area contributed by atoms with Crippen LogP contribution < -0.4 is 5.56 Å². The summed E-state index contributed by atoms with van der Waals surface area (Å²) < 4.78 is 2.23. The number of hydrogen-bond donors (Lipinski definition) is 1. The zero-order valence-corrected chi connectivity index (χ0v) is 18.7. The summed E-state index contributed by atoms with van der Waals surface area (Å²) in [6, 6.07) is 7.64. The van der Waals surface area contributed by atoms with Crippen molar-refractivity contribution in [2.24, 2.45) is 0 Å². The molecule has 0 saturated carbocycles. The van der Waals surface area contributed by atoms with Crippen molar-refractivity contribution in [3.8, 4) is 0 Å². The third-order valence-corrected chi connectivity index (χ3v) is 6.18. The van der Waals surface area contributed by atoms with Crippen LogP contribution in [0.3, 0.4) is 0 Å². The lowest BCUT2D eigenvalue weighted by Crippen LogP contribution is -2.23. The van der Waals surface area contributed by atoms with Crippen molar-refractivity contribution >= 4 is 22.7 Å². The van der Waals surface area contributed by atoms with Crippen molar-refractivity contribution in [1.29, 1.82) is 0 Å². The molecule has 29 heavy (non-hydrogen) atoms. The molecule has 2 atom stereocenters. The van der Waals surface area contributed by atoms with E-state index in [1.54, 1.807) is 17.8 Å². The Balaban J connectivity index is 1.92. The van der Waals surface area contributed by atoms with Gasteiger partial charge in [-0.15, -0.1) is 10.2 Å². The van der Waals surface area contributed by atoms with Crippen LogP contribution >= 0.6 is 11.8 Å². The largest absolute Gasteiger partial charge is 0.309 e. The lowest BCUT2D eigenvalue weighted by molar-refractivity contribution is 0.270. The second kappa shape index (κ2) is 9.54. The monoisotopic (exact) mass is 414 g/mol. The second-order valence-corrected chi connectivity index (χ2v) is 8.77. The number of hydrogen-bond acceptors (Lipinski definition) is 6. The number of nitrogens with one attached hydrogen (secondary N) is 1. The molecule has 8 heteroatoms. The Kier molecular flexibility index (Phi) is 7.08. The predicted molar refractivity (Wildman–Crippen MR) is 118 cm³/mol. The average Bonchev–Trinajstić information content (AvgIpc) is 3.08. The van der Waals surface area contributed by atoms with E-state index >= 15 is 0 Å². The van der Waals surface area contributed by atoms with E-state index in [-0.39, 0.29) is 16.9 Å². The van der Waals surface area contributed by atoms with Crippen molar-refractivity contribution in [3.05, 3.63) is 46.3 Å². The van der Waals surface area contributed by atoms with Gasteiger partial charge < -0.3 is 9.55 Å². The lowest BCUT2D eigenvalue weighted by atomic mass is 10.2. The van der Waals surface area contributed by atoms with Crippen molar-refractivity contribution < 1.29 is 0 Å². The topological polar surface area (TPSA) is 79.7 Å². The van der Waals surface area contributed by atoms with Crippen LogP contribution in [0.15, 0.2) is 34.2 Å². The van der Waals surface area contributed by atoms with Crippen LogP contribution in [-0.4, -0.2) is 43.7 Å². The van der Waals surface area contributed by atoms with Crippen LogP contribution in [-0.2, 0) is 6.54 Å². The van der Waals surface area contributed by atoms with E-state index in [9.17, 15) is 4.79 Å². The van der Waals surface area contributed by atoms with Gasteiger partial charge >= 0.3 is 0 Å². The smallest absolute Gasteiger partial charge is 0.258 e. The van der Waals surface area contributed by atoms with Gasteiger partial charge in [-0.25, -0.2) is 4.98 Å². The molecule has 0 radical (unpaired) electrons. The van der Waals surface area contributed by atoms with Gasteiger partial charge in [0.05, 0.1) is 22.2 Å². The molecule has 156 valence electrons. The van der Waals surface area contributed by atoms with Gasteiger partial charge in [0.25, 0.3) is 5.56 Å². The molecule has 1 N–H and O–H groups in total. The lowest BCUT2D eigenvalue weighted by Gasteiger charge is -2.23. The highest BCUT2D eigenvalue weighted by Crippen LogP contribution is 2.34. The molecular formula is C21H30N6OS. The van der Waals surface area contributed by atoms with Gasteiger partial charge in [-0.1, -0.05) is 44.2 Å². The van der Waals surface area contributed by atoms with E-state index in [1.165, 1.54) is 0 Å². The molecule has 0 aliphatic carbocycles. The Morgan fingerprint density at radius 3 is 2.66 bits per heavy atom. The number of fused-ring (bicyclic) bond motifs is 1. The van der Waals surface area contributed by atoms with Crippen LogP contribution in [0.2, 0.25) is 0 Å². The van der Waals surface area contributed by atoms with Crippen molar-refractivity contribution in [1.82, 2.24) is 29.6 Å². The van der Waals surface area contributed by atoms with Gasteiger partial charge in [-0.3, -0.25) is 9.69 Å². The molecular weight excluding hydrogens is 384 g/mol. The molecule has 0 amide bonds. The minimum absolute atomic E-state index is 0.0517. The summed E-state index contributed by atoms with van der Waals surface area (Å²) in [6.07, 6.45) is 3.15. The summed E-state index contributed by atoms with van der Waals surface area (Å²) in [5, 5.41) is 10.5. The first-order chi connectivity index (χ1) is 14.0. The maximum atomic E-state index is 12.4. The number of aromatic amines is 1. The second-order valence-electron chi connectivity index (χ2n) is 7.46. The van der Waals surface area contributed by atoms with Gasteiger partial charge in [0.1, 0.15) is 5.82 Å². The van der Waals surface area contributed by atoms with Gasteiger partial charge in [0.15, 0.2) is 11.0 Å². The number of H-pyrrole nitrogens is 1. The van der Waals surface area contributed by atoms with E-state index in [4.69, 9.17) is 0 Å². The molecule has 0 saturated heterocycles. The fraction of sp³-hybridized carbons (Fsp3) is 0.524. The number of benzene rings is 1. The predicted octanol–water partition coefficient (Wildman–Crippen LogP) is 4.18. The number of unbranched alkanes of at least 4 members (excludes halogenated alkanes) is 1. The SMILES string of the molecule is CCCCn1c(SC(C)c2nc3ccccc3c(=O)[nH]2)nnc1C(CC)N(C)C.